The first-order valence-corrected chi connectivity index (χ1v) is 13.7. The third kappa shape index (κ3) is 6.60. The average molecular weight is 638 g/mol. The molecule has 1 amide bonds. The van der Waals surface area contributed by atoms with E-state index >= 15 is 0 Å². The highest BCUT2D eigenvalue weighted by Crippen LogP contribution is 2.42. The van der Waals surface area contributed by atoms with Crippen molar-refractivity contribution in [2.45, 2.75) is 59.5 Å². The fraction of sp³-hybridized carbons (Fsp3) is 0.524. The van der Waals surface area contributed by atoms with Crippen molar-refractivity contribution in [1.82, 2.24) is 15.5 Å². The van der Waals surface area contributed by atoms with Gasteiger partial charge in [0.15, 0.2) is 16.4 Å². The molecule has 1 aromatic heterocycles. The van der Waals surface area contributed by atoms with Gasteiger partial charge in [0.25, 0.3) is 0 Å². The molecule has 2 aromatic rings. The van der Waals surface area contributed by atoms with Crippen LogP contribution < -0.4 is 15.0 Å². The zero-order chi connectivity index (χ0) is 30.6. The predicted molar refractivity (Wildman–Crippen MR) is 120 cm³/mol. The molecule has 0 spiro atoms. The second-order valence-corrected chi connectivity index (χ2v) is 12.4. The highest BCUT2D eigenvalue weighted by molar-refractivity contribution is 7.92. The lowest BCUT2D eigenvalue weighted by Crippen LogP contribution is -2.47. The van der Waals surface area contributed by atoms with Gasteiger partial charge < -0.3 is 15.0 Å². The Morgan fingerprint density at radius 2 is 1.78 bits per heavy atom. The number of ether oxygens (including phenoxy) is 1. The number of sulfone groups is 1. The zero-order valence-electron chi connectivity index (χ0n) is 20.1. The summed E-state index contributed by atoms with van der Waals surface area (Å²) in [7, 11) is -5.03. The van der Waals surface area contributed by atoms with Gasteiger partial charge in [0, 0.05) is 6.54 Å². The van der Waals surface area contributed by atoms with Crippen LogP contribution in [0.4, 0.5) is 44.6 Å². The zero-order valence-corrected chi connectivity index (χ0v) is 21.7. The number of benzene rings is 1. The summed E-state index contributed by atoms with van der Waals surface area (Å²) in [6, 6.07) is 1.38. The predicted octanol–water partition coefficient (Wildman–Crippen LogP) is 4.11. The maximum atomic E-state index is 13.8. The maximum Gasteiger partial charge on any atom is 0.445 e. The number of carbonyl (C=O) groups is 1. The van der Waals surface area contributed by atoms with Crippen molar-refractivity contribution < 1.29 is 57.5 Å². The van der Waals surface area contributed by atoms with Crippen LogP contribution in [0.25, 0.3) is 0 Å². The van der Waals surface area contributed by atoms with Gasteiger partial charge in [0.2, 0.25) is 16.0 Å². The van der Waals surface area contributed by atoms with E-state index < -0.39 is 97.0 Å². The standard InChI is InChI=1S/C21H16F9N5O4S2/c22-19(23,24)9-39-10-1-2-14(12(5-10)20(25,26)27)41(37,38)11-6-13(15(36)32-18(8-31)3-4-18)35(7-11)17-34-33-16(40-17)21(28,29)30/h1-2,5,11,13H,3-4,6-7,9H2,(H,32,36). The van der Waals surface area contributed by atoms with E-state index in [4.69, 9.17) is 0 Å². The Balaban J connectivity index is 1.70. The summed E-state index contributed by atoms with van der Waals surface area (Å²) in [6.45, 7) is -2.73. The minimum Gasteiger partial charge on any atom is -0.484 e. The molecule has 0 radical (unpaired) electrons. The Morgan fingerprint density at radius 1 is 1.12 bits per heavy atom. The summed E-state index contributed by atoms with van der Waals surface area (Å²) in [6.07, 6.45) is -15.4. The van der Waals surface area contributed by atoms with Crippen LogP contribution in [0.1, 0.15) is 29.8 Å². The molecule has 2 heterocycles. The highest BCUT2D eigenvalue weighted by atomic mass is 32.2. The van der Waals surface area contributed by atoms with Crippen LogP contribution in [-0.2, 0) is 27.0 Å². The summed E-state index contributed by atoms with van der Waals surface area (Å²) < 4.78 is 149. The Bertz CT molecular complexity index is 1480. The molecule has 20 heteroatoms. The average Bonchev–Trinajstić information content (AvgIpc) is 3.25. The topological polar surface area (TPSA) is 125 Å². The lowest BCUT2D eigenvalue weighted by atomic mass is 10.2. The molecule has 2 fully saturated rings. The fourth-order valence-electron chi connectivity index (χ4n) is 4.05. The second kappa shape index (κ2) is 10.2. The smallest absolute Gasteiger partial charge is 0.445 e. The number of nitrogens with one attached hydrogen (secondary N) is 1. The minimum atomic E-state index is -5.37. The molecule has 41 heavy (non-hydrogen) atoms. The monoisotopic (exact) mass is 637 g/mol. The van der Waals surface area contributed by atoms with Crippen LogP contribution >= 0.6 is 11.3 Å². The van der Waals surface area contributed by atoms with Crippen molar-refractivity contribution in [3.05, 3.63) is 28.8 Å². The van der Waals surface area contributed by atoms with Crippen LogP contribution in [0.2, 0.25) is 0 Å². The van der Waals surface area contributed by atoms with Gasteiger partial charge in [-0.2, -0.15) is 44.8 Å². The van der Waals surface area contributed by atoms with Crippen LogP contribution in [0.15, 0.2) is 23.1 Å². The van der Waals surface area contributed by atoms with Gasteiger partial charge in [-0.05, 0) is 37.5 Å². The molecule has 9 nitrogen and oxygen atoms in total. The Labute approximate surface area is 228 Å². The first kappa shape index (κ1) is 30.6. The summed E-state index contributed by atoms with van der Waals surface area (Å²) >= 11 is -0.0267. The molecule has 1 N–H and O–H groups in total. The molecular weight excluding hydrogens is 621 g/mol. The van der Waals surface area contributed by atoms with Crippen LogP contribution in [0, 0.1) is 11.3 Å². The van der Waals surface area contributed by atoms with E-state index in [9.17, 15) is 58.0 Å². The number of carbonyl (C=O) groups excluding carboxylic acids is 1. The third-order valence-corrected chi connectivity index (χ3v) is 9.39. The Morgan fingerprint density at radius 3 is 2.29 bits per heavy atom. The van der Waals surface area contributed by atoms with Gasteiger partial charge in [0.05, 0.1) is 21.8 Å². The first-order valence-electron chi connectivity index (χ1n) is 11.3. The number of aromatic nitrogens is 2. The van der Waals surface area contributed by atoms with Crippen molar-refractivity contribution in [1.29, 1.82) is 5.26 Å². The number of rotatable bonds is 7. The van der Waals surface area contributed by atoms with E-state index in [0.717, 1.165) is 4.90 Å². The number of hydrogen-bond acceptors (Lipinski definition) is 9. The van der Waals surface area contributed by atoms with Gasteiger partial charge in [-0.3, -0.25) is 4.79 Å². The van der Waals surface area contributed by atoms with Crippen molar-refractivity contribution in [3.63, 3.8) is 0 Å². The molecule has 1 saturated carbocycles. The summed E-state index contributed by atoms with van der Waals surface area (Å²) in [4.78, 5) is 12.5. The molecule has 0 bridgehead atoms. The van der Waals surface area contributed by atoms with Gasteiger partial charge >= 0.3 is 18.5 Å². The normalized spacial score (nSPS) is 20.9. The number of nitrogens with zero attached hydrogens (tertiary/aromatic N) is 4. The van der Waals surface area contributed by atoms with Crippen molar-refractivity contribution in [2.24, 2.45) is 0 Å². The lowest BCUT2D eigenvalue weighted by molar-refractivity contribution is -0.153. The number of alkyl halides is 9. The molecule has 1 aliphatic heterocycles. The Hall–Kier alpha value is -3.34. The molecule has 4 rings (SSSR count). The molecular formula is C21H16F9N5O4S2. The quantitative estimate of drug-likeness (QED) is 0.450. The second-order valence-electron chi connectivity index (χ2n) is 9.20. The number of nitriles is 1. The largest absolute Gasteiger partial charge is 0.484 e. The summed E-state index contributed by atoms with van der Waals surface area (Å²) in [5.41, 5.74) is -3.11. The SMILES string of the molecule is N#CC1(NC(=O)C2CC(S(=O)(=O)c3ccc(OCC(F)(F)F)cc3C(F)(F)F)CN2c2nnc(C(F)(F)F)s2)CC1. The molecule has 1 aliphatic carbocycles. The van der Waals surface area contributed by atoms with Crippen LogP contribution in [0.5, 0.6) is 5.75 Å². The third-order valence-electron chi connectivity index (χ3n) is 6.20. The van der Waals surface area contributed by atoms with E-state index in [1.54, 1.807) is 0 Å². The first-order chi connectivity index (χ1) is 18.8. The maximum absolute atomic E-state index is 13.8. The number of amides is 1. The fourth-order valence-corrected chi connectivity index (χ4v) is 6.71. The van der Waals surface area contributed by atoms with Crippen molar-refractivity contribution in [3.8, 4) is 11.8 Å². The van der Waals surface area contributed by atoms with E-state index in [0.29, 0.717) is 12.1 Å². The minimum absolute atomic E-state index is 0.0267. The van der Waals surface area contributed by atoms with Crippen LogP contribution in [-0.4, -0.2) is 60.7 Å². The van der Waals surface area contributed by atoms with E-state index in [-0.39, 0.29) is 30.2 Å². The number of halogens is 9. The molecule has 2 unspecified atom stereocenters. The van der Waals surface area contributed by atoms with Crippen molar-refractivity contribution >= 4 is 32.2 Å². The molecule has 1 saturated heterocycles. The van der Waals surface area contributed by atoms with E-state index in [1.807, 2.05) is 6.07 Å². The number of hydrogen-bond donors (Lipinski definition) is 1. The molecule has 2 atom stereocenters. The van der Waals surface area contributed by atoms with Gasteiger partial charge in [-0.25, -0.2) is 8.42 Å². The lowest BCUT2D eigenvalue weighted by Gasteiger charge is -2.23. The highest BCUT2D eigenvalue weighted by Gasteiger charge is 2.51. The number of anilines is 1. The van der Waals surface area contributed by atoms with Gasteiger partial charge in [-0.1, -0.05) is 11.3 Å². The summed E-state index contributed by atoms with van der Waals surface area (Å²) in [5, 5.41) is 14.2. The summed E-state index contributed by atoms with van der Waals surface area (Å²) in [5.74, 6) is -1.88. The van der Waals surface area contributed by atoms with E-state index in [1.165, 1.54) is 0 Å². The van der Waals surface area contributed by atoms with Gasteiger partial charge in [-0.15, -0.1) is 10.2 Å². The van der Waals surface area contributed by atoms with E-state index in [2.05, 4.69) is 20.3 Å². The molecule has 224 valence electrons. The molecule has 2 aliphatic rings. The Kier molecular flexibility index (Phi) is 7.60. The van der Waals surface area contributed by atoms with Crippen molar-refractivity contribution in [2.75, 3.05) is 18.1 Å². The molecule has 1 aromatic carbocycles. The van der Waals surface area contributed by atoms with Gasteiger partial charge in [0.1, 0.15) is 17.3 Å². The van der Waals surface area contributed by atoms with Crippen LogP contribution in [0.3, 0.4) is 0 Å².